The summed E-state index contributed by atoms with van der Waals surface area (Å²) in [5, 5.41) is 3.37. The van der Waals surface area contributed by atoms with Gasteiger partial charge in [-0.2, -0.15) is 0 Å². The molecule has 0 spiro atoms. The topological polar surface area (TPSA) is 12.0 Å². The van der Waals surface area contributed by atoms with E-state index in [9.17, 15) is 0 Å². The van der Waals surface area contributed by atoms with E-state index in [2.05, 4.69) is 38.2 Å². The molecule has 0 aliphatic carbocycles. The van der Waals surface area contributed by atoms with Crippen LogP contribution in [-0.4, -0.2) is 12.6 Å². The van der Waals surface area contributed by atoms with Crippen LogP contribution in [0.3, 0.4) is 0 Å². The molecule has 0 bridgehead atoms. The average Bonchev–Trinajstić information content (AvgIpc) is 2.53. The van der Waals surface area contributed by atoms with Crippen LogP contribution in [0.5, 0.6) is 0 Å². The monoisotopic (exact) mass is 191 g/mol. The van der Waals surface area contributed by atoms with Crippen LogP contribution in [0.4, 0.5) is 0 Å². The van der Waals surface area contributed by atoms with Crippen molar-refractivity contribution in [1.29, 1.82) is 0 Å². The fourth-order valence-electron chi connectivity index (χ4n) is 1.52. The smallest absolute Gasteiger partial charge is 0.00648 e. The van der Waals surface area contributed by atoms with Gasteiger partial charge in [-0.25, -0.2) is 0 Å². The molecule has 1 nitrogen and oxygen atoms in total. The Morgan fingerprint density at radius 3 is 2.00 bits per heavy atom. The van der Waals surface area contributed by atoms with Gasteiger partial charge in [0.1, 0.15) is 0 Å². The molecular formula is C13H21N. The van der Waals surface area contributed by atoms with Gasteiger partial charge in [-0.05, 0) is 32.7 Å². The molecule has 1 aliphatic heterocycles. The molecule has 0 radical (unpaired) electrons. The Morgan fingerprint density at radius 2 is 1.79 bits per heavy atom. The summed E-state index contributed by atoms with van der Waals surface area (Å²) in [7, 11) is 0. The minimum atomic E-state index is 0.764. The third kappa shape index (κ3) is 3.93. The SMILES string of the molecule is CC1CCNC1C.Cc1ccccc1. The first-order valence-electron chi connectivity index (χ1n) is 5.45. The van der Waals surface area contributed by atoms with Crippen LogP contribution >= 0.6 is 0 Å². The molecule has 1 saturated heterocycles. The number of aryl methyl sites for hydroxylation is 1. The van der Waals surface area contributed by atoms with Crippen molar-refractivity contribution in [3.05, 3.63) is 35.9 Å². The van der Waals surface area contributed by atoms with Gasteiger partial charge in [0.2, 0.25) is 0 Å². The van der Waals surface area contributed by atoms with Crippen molar-refractivity contribution in [2.75, 3.05) is 6.54 Å². The first-order valence-corrected chi connectivity index (χ1v) is 5.45. The Labute approximate surface area is 87.5 Å². The first kappa shape index (κ1) is 11.3. The summed E-state index contributed by atoms with van der Waals surface area (Å²) in [5.74, 6) is 0.903. The highest BCUT2D eigenvalue weighted by Crippen LogP contribution is 2.12. The lowest BCUT2D eigenvalue weighted by molar-refractivity contribution is 0.519. The summed E-state index contributed by atoms with van der Waals surface area (Å²) in [6, 6.07) is 11.0. The van der Waals surface area contributed by atoms with Crippen molar-refractivity contribution in [2.24, 2.45) is 5.92 Å². The van der Waals surface area contributed by atoms with Crippen LogP contribution in [0.1, 0.15) is 25.8 Å². The third-order valence-electron chi connectivity index (χ3n) is 2.86. The van der Waals surface area contributed by atoms with Crippen molar-refractivity contribution in [1.82, 2.24) is 5.32 Å². The standard InChI is InChI=1S/C7H8.C6H13N/c1-7-5-3-2-4-6-7;1-5-3-4-7-6(5)2/h2-6H,1H3;5-7H,3-4H2,1-2H3. The Morgan fingerprint density at radius 1 is 1.14 bits per heavy atom. The number of benzene rings is 1. The van der Waals surface area contributed by atoms with E-state index in [1.165, 1.54) is 18.5 Å². The van der Waals surface area contributed by atoms with Crippen LogP contribution in [0.2, 0.25) is 0 Å². The van der Waals surface area contributed by atoms with Crippen LogP contribution in [0, 0.1) is 12.8 Å². The van der Waals surface area contributed by atoms with Crippen molar-refractivity contribution in [3.8, 4) is 0 Å². The first-order chi connectivity index (χ1) is 6.70. The minimum absolute atomic E-state index is 0.764. The van der Waals surface area contributed by atoms with Gasteiger partial charge in [-0.3, -0.25) is 0 Å². The van der Waals surface area contributed by atoms with Crippen LogP contribution in [0.25, 0.3) is 0 Å². The average molecular weight is 191 g/mol. The van der Waals surface area contributed by atoms with Crippen molar-refractivity contribution < 1.29 is 0 Å². The molecule has 1 aromatic carbocycles. The molecule has 1 aromatic rings. The van der Waals surface area contributed by atoms with Gasteiger partial charge < -0.3 is 5.32 Å². The summed E-state index contributed by atoms with van der Waals surface area (Å²) in [6.45, 7) is 7.85. The molecule has 1 N–H and O–H groups in total. The van der Waals surface area contributed by atoms with E-state index < -0.39 is 0 Å². The fourth-order valence-corrected chi connectivity index (χ4v) is 1.52. The molecule has 1 aliphatic rings. The largest absolute Gasteiger partial charge is 0.314 e. The molecule has 2 unspecified atom stereocenters. The zero-order chi connectivity index (χ0) is 10.4. The Bertz CT molecular complexity index is 235. The van der Waals surface area contributed by atoms with E-state index in [4.69, 9.17) is 0 Å². The molecule has 14 heavy (non-hydrogen) atoms. The van der Waals surface area contributed by atoms with Crippen LogP contribution < -0.4 is 5.32 Å². The van der Waals surface area contributed by atoms with E-state index in [-0.39, 0.29) is 0 Å². The predicted molar refractivity (Wildman–Crippen MR) is 62.4 cm³/mol. The maximum Gasteiger partial charge on any atom is 0.00648 e. The maximum atomic E-state index is 3.37. The second-order valence-electron chi connectivity index (χ2n) is 4.16. The molecule has 2 atom stereocenters. The zero-order valence-electron chi connectivity index (χ0n) is 9.46. The molecule has 78 valence electrons. The second kappa shape index (κ2) is 5.82. The van der Waals surface area contributed by atoms with Gasteiger partial charge in [0.25, 0.3) is 0 Å². The van der Waals surface area contributed by atoms with E-state index in [0.29, 0.717) is 0 Å². The van der Waals surface area contributed by atoms with Gasteiger partial charge in [0, 0.05) is 6.04 Å². The van der Waals surface area contributed by atoms with Gasteiger partial charge >= 0.3 is 0 Å². The highest BCUT2D eigenvalue weighted by atomic mass is 14.9. The summed E-state index contributed by atoms with van der Waals surface area (Å²) < 4.78 is 0. The van der Waals surface area contributed by atoms with Crippen molar-refractivity contribution >= 4 is 0 Å². The van der Waals surface area contributed by atoms with Gasteiger partial charge in [-0.1, -0.05) is 42.8 Å². The van der Waals surface area contributed by atoms with E-state index in [0.717, 1.165) is 12.0 Å². The maximum absolute atomic E-state index is 3.37. The molecule has 1 heteroatoms. The van der Waals surface area contributed by atoms with E-state index in [1.807, 2.05) is 18.2 Å². The number of hydrogen-bond donors (Lipinski definition) is 1. The normalized spacial score (nSPS) is 25.4. The third-order valence-corrected chi connectivity index (χ3v) is 2.86. The predicted octanol–water partition coefficient (Wildman–Crippen LogP) is 3.00. The fraction of sp³-hybridized carbons (Fsp3) is 0.538. The highest BCUT2D eigenvalue weighted by Gasteiger charge is 2.16. The second-order valence-corrected chi connectivity index (χ2v) is 4.16. The van der Waals surface area contributed by atoms with Crippen LogP contribution in [0.15, 0.2) is 30.3 Å². The lowest BCUT2D eigenvalue weighted by Gasteiger charge is -2.05. The van der Waals surface area contributed by atoms with E-state index >= 15 is 0 Å². The molecule has 2 rings (SSSR count). The molecule has 0 aromatic heterocycles. The summed E-state index contributed by atoms with van der Waals surface area (Å²) in [4.78, 5) is 0. The van der Waals surface area contributed by atoms with E-state index in [1.54, 1.807) is 0 Å². The molecule has 0 amide bonds. The van der Waals surface area contributed by atoms with Crippen molar-refractivity contribution in [3.63, 3.8) is 0 Å². The quantitative estimate of drug-likeness (QED) is 0.664. The lowest BCUT2D eigenvalue weighted by atomic mass is 10.1. The molecule has 1 heterocycles. The zero-order valence-corrected chi connectivity index (χ0v) is 9.46. The van der Waals surface area contributed by atoms with Gasteiger partial charge in [-0.15, -0.1) is 0 Å². The Hall–Kier alpha value is -0.820. The number of hydrogen-bond acceptors (Lipinski definition) is 1. The minimum Gasteiger partial charge on any atom is -0.314 e. The van der Waals surface area contributed by atoms with Crippen molar-refractivity contribution in [2.45, 2.75) is 33.2 Å². The Kier molecular flexibility index (Phi) is 4.68. The number of nitrogens with one attached hydrogen (secondary N) is 1. The van der Waals surface area contributed by atoms with Gasteiger partial charge in [0.15, 0.2) is 0 Å². The summed E-state index contributed by atoms with van der Waals surface area (Å²) >= 11 is 0. The summed E-state index contributed by atoms with van der Waals surface area (Å²) in [6.07, 6.45) is 1.36. The van der Waals surface area contributed by atoms with Gasteiger partial charge in [0.05, 0.1) is 0 Å². The summed E-state index contributed by atoms with van der Waals surface area (Å²) in [5.41, 5.74) is 1.32. The molecule has 1 fully saturated rings. The van der Waals surface area contributed by atoms with Crippen LogP contribution in [-0.2, 0) is 0 Å². The number of rotatable bonds is 0. The lowest BCUT2D eigenvalue weighted by Crippen LogP contribution is -2.20. The Balaban J connectivity index is 0.000000140. The molecule has 0 saturated carbocycles. The highest BCUT2D eigenvalue weighted by molar-refractivity contribution is 5.11. The molecular weight excluding hydrogens is 170 g/mol.